The average molecular weight is 354 g/mol. The quantitative estimate of drug-likeness (QED) is 0.829. The molecule has 1 spiro atoms. The van der Waals surface area contributed by atoms with Crippen LogP contribution in [0.3, 0.4) is 0 Å². The molecule has 134 valence electrons. The Kier molecular flexibility index (Phi) is 5.56. The fourth-order valence-electron chi connectivity index (χ4n) is 3.56. The SMILES string of the molecule is NS(=O)(=O)c1ccc(CCNC2CCOC3(CCOCC3)C2)cc1. The van der Waals surface area contributed by atoms with Crippen molar-refractivity contribution < 1.29 is 17.9 Å². The van der Waals surface area contributed by atoms with Crippen molar-refractivity contribution in [3.63, 3.8) is 0 Å². The van der Waals surface area contributed by atoms with E-state index in [1.807, 2.05) is 12.1 Å². The first-order chi connectivity index (χ1) is 11.5. The molecule has 2 aliphatic heterocycles. The summed E-state index contributed by atoms with van der Waals surface area (Å²) in [5, 5.41) is 8.73. The Labute approximate surface area is 143 Å². The minimum absolute atomic E-state index is 0.00526. The Morgan fingerprint density at radius 2 is 1.88 bits per heavy atom. The smallest absolute Gasteiger partial charge is 0.238 e. The fraction of sp³-hybridized carbons (Fsp3) is 0.647. The largest absolute Gasteiger partial charge is 0.381 e. The van der Waals surface area contributed by atoms with Gasteiger partial charge in [0, 0.05) is 25.9 Å². The van der Waals surface area contributed by atoms with Gasteiger partial charge in [0.15, 0.2) is 0 Å². The molecule has 3 rings (SSSR count). The van der Waals surface area contributed by atoms with Crippen molar-refractivity contribution in [1.29, 1.82) is 0 Å². The molecular weight excluding hydrogens is 328 g/mol. The predicted octanol–water partition coefficient (Wildman–Crippen LogP) is 1.19. The van der Waals surface area contributed by atoms with Crippen molar-refractivity contribution in [3.8, 4) is 0 Å². The van der Waals surface area contributed by atoms with Crippen LogP contribution in [0.2, 0.25) is 0 Å². The van der Waals surface area contributed by atoms with Crippen LogP contribution in [-0.4, -0.2) is 46.4 Å². The monoisotopic (exact) mass is 354 g/mol. The van der Waals surface area contributed by atoms with Crippen LogP contribution in [0.5, 0.6) is 0 Å². The lowest BCUT2D eigenvalue weighted by atomic mass is 9.84. The van der Waals surface area contributed by atoms with E-state index in [1.54, 1.807) is 12.1 Å². The highest BCUT2D eigenvalue weighted by molar-refractivity contribution is 7.89. The zero-order valence-electron chi connectivity index (χ0n) is 13.9. The topological polar surface area (TPSA) is 90.7 Å². The summed E-state index contributed by atoms with van der Waals surface area (Å²) in [5.41, 5.74) is 1.11. The maximum absolute atomic E-state index is 11.3. The van der Waals surface area contributed by atoms with Gasteiger partial charge in [-0.2, -0.15) is 0 Å². The summed E-state index contributed by atoms with van der Waals surface area (Å²) >= 11 is 0. The van der Waals surface area contributed by atoms with E-state index in [2.05, 4.69) is 5.32 Å². The van der Waals surface area contributed by atoms with Gasteiger partial charge in [0.05, 0.1) is 10.5 Å². The number of sulfonamides is 1. The number of ether oxygens (including phenoxy) is 2. The van der Waals surface area contributed by atoms with Gasteiger partial charge in [-0.05, 0) is 56.3 Å². The molecule has 1 aromatic rings. The molecule has 1 atom stereocenters. The normalized spacial score (nSPS) is 24.1. The lowest BCUT2D eigenvalue weighted by Gasteiger charge is -2.43. The third-order valence-electron chi connectivity index (χ3n) is 5.00. The van der Waals surface area contributed by atoms with E-state index in [-0.39, 0.29) is 10.5 Å². The van der Waals surface area contributed by atoms with Crippen LogP contribution in [0.15, 0.2) is 29.2 Å². The predicted molar refractivity (Wildman–Crippen MR) is 91.3 cm³/mol. The molecule has 2 saturated heterocycles. The third-order valence-corrected chi connectivity index (χ3v) is 5.92. The van der Waals surface area contributed by atoms with Crippen LogP contribution in [-0.2, 0) is 25.9 Å². The molecule has 0 amide bonds. The first-order valence-corrected chi connectivity index (χ1v) is 10.1. The summed E-state index contributed by atoms with van der Waals surface area (Å²) in [6.07, 6.45) is 4.91. The van der Waals surface area contributed by atoms with Crippen LogP contribution < -0.4 is 10.5 Å². The van der Waals surface area contributed by atoms with Gasteiger partial charge in [-0.3, -0.25) is 0 Å². The molecule has 1 unspecified atom stereocenters. The molecule has 0 saturated carbocycles. The number of benzene rings is 1. The number of primary sulfonamides is 1. The second-order valence-corrected chi connectivity index (χ2v) is 8.29. The zero-order chi connectivity index (χ0) is 17.0. The van der Waals surface area contributed by atoms with Crippen LogP contribution in [0.25, 0.3) is 0 Å². The summed E-state index contributed by atoms with van der Waals surface area (Å²) in [6, 6.07) is 7.25. The van der Waals surface area contributed by atoms with E-state index in [0.29, 0.717) is 6.04 Å². The maximum Gasteiger partial charge on any atom is 0.238 e. The molecule has 7 heteroatoms. The van der Waals surface area contributed by atoms with Crippen molar-refractivity contribution >= 4 is 10.0 Å². The average Bonchev–Trinajstić information content (AvgIpc) is 2.55. The van der Waals surface area contributed by atoms with Crippen LogP contribution in [0, 0.1) is 0 Å². The number of nitrogens with one attached hydrogen (secondary N) is 1. The highest BCUT2D eigenvalue weighted by Gasteiger charge is 2.38. The fourth-order valence-corrected chi connectivity index (χ4v) is 4.08. The number of hydrogen-bond acceptors (Lipinski definition) is 5. The number of rotatable bonds is 5. The summed E-state index contributed by atoms with van der Waals surface area (Å²) in [6.45, 7) is 3.26. The van der Waals surface area contributed by atoms with Crippen molar-refractivity contribution in [1.82, 2.24) is 5.32 Å². The van der Waals surface area contributed by atoms with Gasteiger partial charge in [-0.15, -0.1) is 0 Å². The molecule has 0 aromatic heterocycles. The minimum atomic E-state index is -3.61. The zero-order valence-corrected chi connectivity index (χ0v) is 14.7. The highest BCUT2D eigenvalue weighted by atomic mass is 32.2. The van der Waals surface area contributed by atoms with Crippen LogP contribution in [0.4, 0.5) is 0 Å². The van der Waals surface area contributed by atoms with Crippen LogP contribution >= 0.6 is 0 Å². The van der Waals surface area contributed by atoms with Crippen molar-refractivity contribution in [3.05, 3.63) is 29.8 Å². The van der Waals surface area contributed by atoms with Gasteiger partial charge in [0.2, 0.25) is 10.0 Å². The molecule has 1 aromatic carbocycles. The molecule has 0 aliphatic carbocycles. The molecule has 2 heterocycles. The summed E-state index contributed by atoms with van der Waals surface area (Å²) in [5.74, 6) is 0. The molecule has 0 bridgehead atoms. The van der Waals surface area contributed by atoms with Gasteiger partial charge in [-0.1, -0.05) is 12.1 Å². The summed E-state index contributed by atoms with van der Waals surface area (Å²) in [4.78, 5) is 0.157. The molecule has 0 radical (unpaired) electrons. The number of hydrogen-bond donors (Lipinski definition) is 2. The molecule has 2 aliphatic rings. The standard InChI is InChI=1S/C17H26N2O4S/c18-24(20,21)16-3-1-14(2-4-16)5-9-19-15-6-10-23-17(13-15)7-11-22-12-8-17/h1-4,15,19H,5-13H2,(H2,18,20,21). The Balaban J connectivity index is 1.47. The molecule has 3 N–H and O–H groups in total. The lowest BCUT2D eigenvalue weighted by molar-refractivity contribution is -0.140. The lowest BCUT2D eigenvalue weighted by Crippen LogP contribution is -2.50. The minimum Gasteiger partial charge on any atom is -0.381 e. The first kappa shape index (κ1) is 17.8. The molecule has 2 fully saturated rings. The van der Waals surface area contributed by atoms with Gasteiger partial charge in [0.25, 0.3) is 0 Å². The van der Waals surface area contributed by atoms with Crippen LogP contribution in [0.1, 0.15) is 31.2 Å². The summed E-state index contributed by atoms with van der Waals surface area (Å²) < 4.78 is 34.0. The summed E-state index contributed by atoms with van der Waals surface area (Å²) in [7, 11) is -3.61. The Hall–Kier alpha value is -0.990. The van der Waals surface area contributed by atoms with Gasteiger partial charge < -0.3 is 14.8 Å². The second-order valence-electron chi connectivity index (χ2n) is 6.73. The third kappa shape index (κ3) is 4.55. The Morgan fingerprint density at radius 3 is 2.54 bits per heavy atom. The van der Waals surface area contributed by atoms with E-state index in [9.17, 15) is 8.42 Å². The molecule has 6 nitrogen and oxygen atoms in total. The van der Waals surface area contributed by atoms with E-state index in [0.717, 1.165) is 64.0 Å². The maximum atomic E-state index is 11.3. The van der Waals surface area contributed by atoms with E-state index >= 15 is 0 Å². The Morgan fingerprint density at radius 1 is 1.17 bits per heavy atom. The second kappa shape index (κ2) is 7.49. The molecular formula is C17H26N2O4S. The highest BCUT2D eigenvalue weighted by Crippen LogP contribution is 2.34. The van der Waals surface area contributed by atoms with Gasteiger partial charge in [0.1, 0.15) is 0 Å². The molecule has 24 heavy (non-hydrogen) atoms. The van der Waals surface area contributed by atoms with Crippen molar-refractivity contribution in [2.24, 2.45) is 5.14 Å². The van der Waals surface area contributed by atoms with E-state index in [4.69, 9.17) is 14.6 Å². The van der Waals surface area contributed by atoms with Crippen molar-refractivity contribution in [2.45, 2.75) is 48.6 Å². The first-order valence-electron chi connectivity index (χ1n) is 8.54. The van der Waals surface area contributed by atoms with Crippen molar-refractivity contribution in [2.75, 3.05) is 26.4 Å². The van der Waals surface area contributed by atoms with E-state index < -0.39 is 10.0 Å². The van der Waals surface area contributed by atoms with Gasteiger partial charge >= 0.3 is 0 Å². The van der Waals surface area contributed by atoms with Gasteiger partial charge in [-0.25, -0.2) is 13.6 Å². The number of nitrogens with two attached hydrogens (primary N) is 1. The van der Waals surface area contributed by atoms with E-state index in [1.165, 1.54) is 0 Å². The Bertz CT molecular complexity index is 634.